The number of para-hydroxylation sites is 1. The van der Waals surface area contributed by atoms with Crippen molar-refractivity contribution in [2.45, 2.75) is 26.8 Å². The number of ketones is 1. The van der Waals surface area contributed by atoms with E-state index in [4.69, 9.17) is 0 Å². The Labute approximate surface area is 106 Å². The Hall–Kier alpha value is -2.17. The number of amides is 2. The number of nitrogens with one attached hydrogen (secondary N) is 2. The lowest BCUT2D eigenvalue weighted by Crippen LogP contribution is -2.36. The summed E-state index contributed by atoms with van der Waals surface area (Å²) in [4.78, 5) is 34.6. The Morgan fingerprint density at radius 2 is 1.72 bits per heavy atom. The molecule has 0 atom stereocenters. The van der Waals surface area contributed by atoms with Gasteiger partial charge in [0.15, 0.2) is 0 Å². The molecule has 0 heterocycles. The van der Waals surface area contributed by atoms with Gasteiger partial charge in [-0.2, -0.15) is 0 Å². The summed E-state index contributed by atoms with van der Waals surface area (Å²) < 4.78 is 0. The lowest BCUT2D eigenvalue weighted by atomic mass is 10.1. The molecule has 2 amide bonds. The van der Waals surface area contributed by atoms with Crippen LogP contribution in [0.15, 0.2) is 24.3 Å². The van der Waals surface area contributed by atoms with Crippen LogP contribution >= 0.6 is 0 Å². The third-order valence-electron chi connectivity index (χ3n) is 2.11. The summed E-state index contributed by atoms with van der Waals surface area (Å²) in [5.41, 5.74) is 0.528. The smallest absolute Gasteiger partial charge is 0.292 e. The molecule has 0 saturated heterocycles. The summed E-state index contributed by atoms with van der Waals surface area (Å²) in [5.74, 6) is -1.63. The third kappa shape index (κ3) is 3.69. The van der Waals surface area contributed by atoms with Crippen molar-refractivity contribution in [2.75, 3.05) is 5.32 Å². The molecule has 1 rings (SSSR count). The van der Waals surface area contributed by atoms with Crippen LogP contribution in [0.2, 0.25) is 0 Å². The van der Waals surface area contributed by atoms with Gasteiger partial charge in [0.1, 0.15) is 0 Å². The molecule has 18 heavy (non-hydrogen) atoms. The van der Waals surface area contributed by atoms with Gasteiger partial charge in [0.25, 0.3) is 11.7 Å². The molecule has 0 aliphatic carbocycles. The van der Waals surface area contributed by atoms with Crippen LogP contribution in [0.3, 0.4) is 0 Å². The van der Waals surface area contributed by atoms with Crippen molar-refractivity contribution < 1.29 is 14.4 Å². The van der Waals surface area contributed by atoms with Gasteiger partial charge in [-0.1, -0.05) is 12.1 Å². The van der Waals surface area contributed by atoms with Crippen molar-refractivity contribution in [3.63, 3.8) is 0 Å². The molecule has 0 spiro atoms. The largest absolute Gasteiger partial charge is 0.347 e. The van der Waals surface area contributed by atoms with Crippen molar-refractivity contribution in [1.29, 1.82) is 0 Å². The molecule has 0 aliphatic heterocycles. The Balaban J connectivity index is 2.98. The average Bonchev–Trinajstić information content (AvgIpc) is 2.27. The van der Waals surface area contributed by atoms with E-state index in [1.165, 1.54) is 13.0 Å². The summed E-state index contributed by atoms with van der Waals surface area (Å²) in [6.45, 7) is 4.88. The van der Waals surface area contributed by atoms with E-state index in [1.807, 2.05) is 0 Å². The Morgan fingerprint density at radius 3 is 2.28 bits per heavy atom. The van der Waals surface area contributed by atoms with Crippen LogP contribution in [-0.2, 0) is 9.59 Å². The summed E-state index contributed by atoms with van der Waals surface area (Å²) in [6.07, 6.45) is 0. The molecule has 5 heteroatoms. The molecule has 1 aromatic carbocycles. The van der Waals surface area contributed by atoms with Crippen molar-refractivity contribution in [1.82, 2.24) is 5.32 Å². The molecule has 96 valence electrons. The fourth-order valence-electron chi connectivity index (χ4n) is 1.43. The highest BCUT2D eigenvalue weighted by Gasteiger charge is 2.20. The molecule has 0 radical (unpaired) electrons. The predicted molar refractivity (Wildman–Crippen MR) is 68.4 cm³/mol. The van der Waals surface area contributed by atoms with Gasteiger partial charge < -0.3 is 10.6 Å². The predicted octanol–water partition coefficient (Wildman–Crippen LogP) is 1.35. The second-order valence-electron chi connectivity index (χ2n) is 4.18. The summed E-state index contributed by atoms with van der Waals surface area (Å²) >= 11 is 0. The number of anilines is 1. The monoisotopic (exact) mass is 248 g/mol. The average molecular weight is 248 g/mol. The number of hydrogen-bond donors (Lipinski definition) is 2. The maximum absolute atomic E-state index is 11.9. The van der Waals surface area contributed by atoms with Gasteiger partial charge >= 0.3 is 0 Å². The Morgan fingerprint density at radius 1 is 1.11 bits per heavy atom. The quantitative estimate of drug-likeness (QED) is 0.624. The van der Waals surface area contributed by atoms with Gasteiger partial charge in [0.2, 0.25) is 5.91 Å². The van der Waals surface area contributed by atoms with E-state index in [-0.39, 0.29) is 17.5 Å². The van der Waals surface area contributed by atoms with E-state index in [0.717, 1.165) is 0 Å². The van der Waals surface area contributed by atoms with Crippen LogP contribution in [-0.4, -0.2) is 23.6 Å². The minimum absolute atomic E-state index is 0.116. The van der Waals surface area contributed by atoms with Crippen molar-refractivity contribution >= 4 is 23.3 Å². The van der Waals surface area contributed by atoms with E-state index in [9.17, 15) is 14.4 Å². The molecule has 2 N–H and O–H groups in total. The lowest BCUT2D eigenvalue weighted by molar-refractivity contribution is -0.117. The third-order valence-corrected chi connectivity index (χ3v) is 2.11. The first kappa shape index (κ1) is 13.9. The summed E-state index contributed by atoms with van der Waals surface area (Å²) in [7, 11) is 0. The normalized spacial score (nSPS) is 10.0. The van der Waals surface area contributed by atoms with Gasteiger partial charge in [-0.3, -0.25) is 14.4 Å². The standard InChI is InChI=1S/C13H16N2O3/c1-8(2)14-13(18)12(17)10-6-4-5-7-11(10)15-9(3)16/h4-8H,1-3H3,(H,14,18)(H,15,16). The first-order chi connectivity index (χ1) is 8.41. The fourth-order valence-corrected chi connectivity index (χ4v) is 1.43. The molecule has 0 aliphatic rings. The number of carbonyl (C=O) groups is 3. The van der Waals surface area contributed by atoms with Gasteiger partial charge in [-0.05, 0) is 26.0 Å². The van der Waals surface area contributed by atoms with Crippen LogP contribution in [0.25, 0.3) is 0 Å². The number of hydrogen-bond acceptors (Lipinski definition) is 3. The number of rotatable bonds is 4. The van der Waals surface area contributed by atoms with E-state index in [1.54, 1.807) is 32.0 Å². The Bertz CT molecular complexity index is 481. The van der Waals surface area contributed by atoms with Gasteiger partial charge in [0, 0.05) is 13.0 Å². The minimum Gasteiger partial charge on any atom is -0.347 e. The highest BCUT2D eigenvalue weighted by Crippen LogP contribution is 2.15. The van der Waals surface area contributed by atoms with Crippen molar-refractivity contribution in [3.05, 3.63) is 29.8 Å². The van der Waals surface area contributed by atoms with E-state index >= 15 is 0 Å². The molecule has 0 fully saturated rings. The molecule has 0 unspecified atom stereocenters. The van der Waals surface area contributed by atoms with Gasteiger partial charge in [-0.15, -0.1) is 0 Å². The fraction of sp³-hybridized carbons (Fsp3) is 0.308. The number of carbonyl (C=O) groups excluding carboxylic acids is 3. The molecule has 1 aromatic rings. The summed E-state index contributed by atoms with van der Waals surface area (Å²) in [6, 6.07) is 6.29. The first-order valence-corrected chi connectivity index (χ1v) is 5.63. The van der Waals surface area contributed by atoms with Crippen LogP contribution in [0, 0.1) is 0 Å². The molecule has 0 bridgehead atoms. The van der Waals surface area contributed by atoms with E-state index < -0.39 is 11.7 Å². The van der Waals surface area contributed by atoms with Crippen LogP contribution in [0.1, 0.15) is 31.1 Å². The zero-order chi connectivity index (χ0) is 13.7. The minimum atomic E-state index is -0.678. The van der Waals surface area contributed by atoms with Crippen LogP contribution in [0.4, 0.5) is 5.69 Å². The molecule has 0 aromatic heterocycles. The maximum Gasteiger partial charge on any atom is 0.292 e. The van der Waals surface area contributed by atoms with E-state index in [2.05, 4.69) is 10.6 Å². The van der Waals surface area contributed by atoms with E-state index in [0.29, 0.717) is 5.69 Å². The molecule has 0 saturated carbocycles. The van der Waals surface area contributed by atoms with Crippen LogP contribution in [0.5, 0.6) is 0 Å². The van der Waals surface area contributed by atoms with Crippen LogP contribution < -0.4 is 10.6 Å². The molecular weight excluding hydrogens is 232 g/mol. The maximum atomic E-state index is 11.9. The summed E-state index contributed by atoms with van der Waals surface area (Å²) in [5, 5.41) is 5.04. The second kappa shape index (κ2) is 5.95. The zero-order valence-corrected chi connectivity index (χ0v) is 10.6. The second-order valence-corrected chi connectivity index (χ2v) is 4.18. The molecular formula is C13H16N2O3. The number of benzene rings is 1. The lowest BCUT2D eigenvalue weighted by Gasteiger charge is -2.10. The SMILES string of the molecule is CC(=O)Nc1ccccc1C(=O)C(=O)NC(C)C. The zero-order valence-electron chi connectivity index (χ0n) is 10.6. The Kier molecular flexibility index (Phi) is 4.59. The molecule has 5 nitrogen and oxygen atoms in total. The van der Waals surface area contributed by atoms with Crippen molar-refractivity contribution in [3.8, 4) is 0 Å². The topological polar surface area (TPSA) is 75.3 Å². The highest BCUT2D eigenvalue weighted by molar-refractivity contribution is 6.44. The first-order valence-electron chi connectivity index (χ1n) is 5.63. The number of Topliss-reactive ketones (excluding diaryl/α,β-unsaturated/α-hetero) is 1. The highest BCUT2D eigenvalue weighted by atomic mass is 16.2. The van der Waals surface area contributed by atoms with Gasteiger partial charge in [-0.25, -0.2) is 0 Å². The van der Waals surface area contributed by atoms with Gasteiger partial charge in [0.05, 0.1) is 11.3 Å². The van der Waals surface area contributed by atoms with Crippen molar-refractivity contribution in [2.24, 2.45) is 0 Å².